The molecule has 0 aliphatic heterocycles. The minimum absolute atomic E-state index is 0.0763. The predicted octanol–water partition coefficient (Wildman–Crippen LogP) is 5.24. The van der Waals surface area contributed by atoms with E-state index in [1.807, 2.05) is 13.8 Å². The van der Waals surface area contributed by atoms with Gasteiger partial charge in [-0.05, 0) is 35.6 Å². The monoisotopic (exact) mass is 351 g/mol. The van der Waals surface area contributed by atoms with Crippen LogP contribution in [-0.4, -0.2) is 5.91 Å². The van der Waals surface area contributed by atoms with Gasteiger partial charge in [-0.2, -0.15) is 13.2 Å². The molecule has 1 amide bonds. The van der Waals surface area contributed by atoms with Crippen molar-refractivity contribution in [2.75, 3.05) is 5.32 Å². The first kappa shape index (κ1) is 17.2. The van der Waals surface area contributed by atoms with Gasteiger partial charge in [0.1, 0.15) is 4.49 Å². The van der Waals surface area contributed by atoms with Gasteiger partial charge in [-0.15, -0.1) is 0 Å². The van der Waals surface area contributed by atoms with Gasteiger partial charge in [0, 0.05) is 5.69 Å². The van der Waals surface area contributed by atoms with Crippen molar-refractivity contribution in [3.8, 4) is 0 Å². The number of rotatable bonds is 3. The Bertz CT molecular complexity index is 621. The molecule has 2 atom stereocenters. The zero-order chi connectivity index (χ0) is 16.7. The van der Waals surface area contributed by atoms with E-state index in [-0.39, 0.29) is 33.3 Å². The number of halogens is 5. The van der Waals surface area contributed by atoms with Gasteiger partial charge >= 0.3 is 6.18 Å². The standard InChI is InChI=1S/C15H14Cl2F3NO/c1-14(2)10(7-11(16)17)12(14)13(22)21-9-5-3-4-8(6-9)15(18,19)20/h3-7,10,12H,1-2H3,(H,21,22)/t10-,12+/m1/s1. The molecule has 1 aromatic rings. The molecular formula is C15H14Cl2F3NO. The molecule has 1 N–H and O–H groups in total. The summed E-state index contributed by atoms with van der Waals surface area (Å²) in [5, 5.41) is 2.52. The van der Waals surface area contributed by atoms with E-state index in [9.17, 15) is 18.0 Å². The Morgan fingerprint density at radius 2 is 1.95 bits per heavy atom. The average molecular weight is 352 g/mol. The molecule has 1 aliphatic carbocycles. The lowest BCUT2D eigenvalue weighted by Gasteiger charge is -2.10. The summed E-state index contributed by atoms with van der Waals surface area (Å²) >= 11 is 11.2. The lowest BCUT2D eigenvalue weighted by Crippen LogP contribution is -2.17. The van der Waals surface area contributed by atoms with E-state index in [1.165, 1.54) is 12.1 Å². The van der Waals surface area contributed by atoms with Crippen LogP contribution in [0, 0.1) is 17.3 Å². The molecule has 2 rings (SSSR count). The van der Waals surface area contributed by atoms with Crippen molar-refractivity contribution in [2.45, 2.75) is 20.0 Å². The first-order chi connectivity index (χ1) is 10.0. The van der Waals surface area contributed by atoms with Crippen LogP contribution in [0.5, 0.6) is 0 Å². The van der Waals surface area contributed by atoms with Gasteiger partial charge in [0.15, 0.2) is 0 Å². The second-order valence-corrected chi connectivity index (χ2v) is 6.86. The van der Waals surface area contributed by atoms with Crippen molar-refractivity contribution in [3.05, 3.63) is 40.4 Å². The summed E-state index contributed by atoms with van der Waals surface area (Å²) in [4.78, 5) is 12.2. The second-order valence-electron chi connectivity index (χ2n) is 5.85. The highest BCUT2D eigenvalue weighted by Crippen LogP contribution is 2.60. The molecule has 1 fully saturated rings. The molecule has 22 heavy (non-hydrogen) atoms. The lowest BCUT2D eigenvalue weighted by molar-refractivity contribution is -0.137. The smallest absolute Gasteiger partial charge is 0.326 e. The second kappa shape index (κ2) is 5.78. The normalized spacial score (nSPS) is 22.9. The summed E-state index contributed by atoms with van der Waals surface area (Å²) in [7, 11) is 0. The van der Waals surface area contributed by atoms with Gasteiger partial charge in [-0.25, -0.2) is 0 Å². The highest BCUT2D eigenvalue weighted by atomic mass is 35.5. The Labute approximate surface area is 136 Å². The van der Waals surface area contributed by atoms with Crippen molar-refractivity contribution in [1.29, 1.82) is 0 Å². The molecule has 2 nitrogen and oxygen atoms in total. The number of carbonyl (C=O) groups is 1. The van der Waals surface area contributed by atoms with Crippen LogP contribution in [0.15, 0.2) is 34.8 Å². The van der Waals surface area contributed by atoms with Gasteiger partial charge in [-0.3, -0.25) is 4.79 Å². The zero-order valence-corrected chi connectivity index (χ0v) is 13.4. The van der Waals surface area contributed by atoms with Crippen LogP contribution in [0.4, 0.5) is 18.9 Å². The summed E-state index contributed by atoms with van der Waals surface area (Å²) in [5.74, 6) is -0.863. The van der Waals surface area contributed by atoms with Gasteiger partial charge in [0.25, 0.3) is 0 Å². The number of allylic oxidation sites excluding steroid dienone is 1. The highest BCUT2D eigenvalue weighted by molar-refractivity contribution is 6.55. The fraction of sp³-hybridized carbons (Fsp3) is 0.400. The Kier molecular flexibility index (Phi) is 4.51. The maximum atomic E-state index is 12.7. The van der Waals surface area contributed by atoms with E-state index in [1.54, 1.807) is 6.08 Å². The molecule has 0 spiro atoms. The highest BCUT2D eigenvalue weighted by Gasteiger charge is 2.60. The van der Waals surface area contributed by atoms with Crippen molar-refractivity contribution in [1.82, 2.24) is 0 Å². The number of nitrogens with one attached hydrogen (secondary N) is 1. The molecular weight excluding hydrogens is 338 g/mol. The number of anilines is 1. The number of hydrogen-bond donors (Lipinski definition) is 1. The van der Waals surface area contributed by atoms with E-state index >= 15 is 0 Å². The van der Waals surface area contributed by atoms with Crippen molar-refractivity contribution in [2.24, 2.45) is 17.3 Å². The fourth-order valence-corrected chi connectivity index (χ4v) is 2.89. The van der Waals surface area contributed by atoms with Gasteiger partial charge in [0.05, 0.1) is 11.5 Å². The molecule has 120 valence electrons. The molecule has 0 heterocycles. The van der Waals surface area contributed by atoms with Crippen molar-refractivity contribution < 1.29 is 18.0 Å². The van der Waals surface area contributed by atoms with E-state index < -0.39 is 11.7 Å². The summed E-state index contributed by atoms with van der Waals surface area (Å²) < 4.78 is 38.0. The van der Waals surface area contributed by atoms with Crippen molar-refractivity contribution in [3.63, 3.8) is 0 Å². The molecule has 0 bridgehead atoms. The number of hydrogen-bond acceptors (Lipinski definition) is 1. The van der Waals surface area contributed by atoms with E-state index in [0.29, 0.717) is 0 Å². The topological polar surface area (TPSA) is 29.1 Å². The molecule has 0 aromatic heterocycles. The summed E-state index contributed by atoms with van der Waals surface area (Å²) in [6.07, 6.45) is -2.86. The Hall–Kier alpha value is -1.20. The maximum Gasteiger partial charge on any atom is 0.416 e. The SMILES string of the molecule is CC1(C)[C@H](C=C(Cl)Cl)[C@H]1C(=O)Nc1cccc(C(F)(F)F)c1. The molecule has 0 saturated heterocycles. The van der Waals surface area contributed by atoms with Crippen LogP contribution < -0.4 is 5.32 Å². The van der Waals surface area contributed by atoms with Crippen LogP contribution in [-0.2, 0) is 11.0 Å². The molecule has 0 radical (unpaired) electrons. The minimum Gasteiger partial charge on any atom is -0.326 e. The predicted molar refractivity (Wildman–Crippen MR) is 80.6 cm³/mol. The van der Waals surface area contributed by atoms with E-state index in [0.717, 1.165) is 12.1 Å². The van der Waals surface area contributed by atoms with Gasteiger partial charge in [-0.1, -0.05) is 43.1 Å². The fourth-order valence-electron chi connectivity index (χ4n) is 2.62. The number of benzene rings is 1. The van der Waals surface area contributed by atoms with Crippen LogP contribution in [0.2, 0.25) is 0 Å². The number of carbonyl (C=O) groups excluding carboxylic acids is 1. The Balaban J connectivity index is 2.12. The molecule has 1 saturated carbocycles. The van der Waals surface area contributed by atoms with Crippen LogP contribution in [0.3, 0.4) is 0 Å². The van der Waals surface area contributed by atoms with Crippen LogP contribution in [0.25, 0.3) is 0 Å². The van der Waals surface area contributed by atoms with Crippen LogP contribution in [0.1, 0.15) is 19.4 Å². The van der Waals surface area contributed by atoms with Crippen molar-refractivity contribution >= 4 is 34.8 Å². The third-order valence-electron chi connectivity index (χ3n) is 3.96. The number of amides is 1. The van der Waals surface area contributed by atoms with Crippen LogP contribution >= 0.6 is 23.2 Å². The third-order valence-corrected chi connectivity index (χ3v) is 4.21. The van der Waals surface area contributed by atoms with Gasteiger partial charge < -0.3 is 5.32 Å². The first-order valence-corrected chi connectivity index (χ1v) is 7.30. The number of alkyl halides is 3. The zero-order valence-electron chi connectivity index (χ0n) is 11.8. The summed E-state index contributed by atoms with van der Waals surface area (Å²) in [5.41, 5.74) is -1.02. The average Bonchev–Trinajstić information content (AvgIpc) is 2.89. The maximum absolute atomic E-state index is 12.7. The molecule has 1 aliphatic rings. The molecule has 1 aromatic carbocycles. The third kappa shape index (κ3) is 3.58. The molecule has 7 heteroatoms. The van der Waals surface area contributed by atoms with E-state index in [4.69, 9.17) is 23.2 Å². The Morgan fingerprint density at radius 3 is 2.50 bits per heavy atom. The largest absolute Gasteiger partial charge is 0.416 e. The summed E-state index contributed by atoms with van der Waals surface area (Å²) in [6.45, 7) is 3.75. The quantitative estimate of drug-likeness (QED) is 0.792. The van der Waals surface area contributed by atoms with Gasteiger partial charge in [0.2, 0.25) is 5.91 Å². The molecule has 0 unspecified atom stereocenters. The lowest BCUT2D eigenvalue weighted by atomic mass is 10.1. The first-order valence-electron chi connectivity index (χ1n) is 6.54. The summed E-state index contributed by atoms with van der Waals surface area (Å²) in [6, 6.07) is 4.54. The minimum atomic E-state index is -4.45. The van der Waals surface area contributed by atoms with E-state index in [2.05, 4.69) is 5.32 Å². The Morgan fingerprint density at radius 1 is 1.32 bits per heavy atom.